The fraction of sp³-hybridized carbons (Fsp3) is 0.500. The van der Waals surface area contributed by atoms with E-state index in [0.29, 0.717) is 17.0 Å². The normalized spacial score (nSPS) is 33.9. The van der Waals surface area contributed by atoms with Crippen LogP contribution in [0.15, 0.2) is 18.5 Å². The summed E-state index contributed by atoms with van der Waals surface area (Å²) in [5.41, 5.74) is 5.66. The molecule has 1 aliphatic rings. The quantitative estimate of drug-likeness (QED) is 0.547. The lowest BCUT2D eigenvalue weighted by Crippen LogP contribution is -2.43. The number of aliphatic hydroxyl groups excluding tert-OH is 3. The zero-order valence-corrected chi connectivity index (χ0v) is 10.8. The second kappa shape index (κ2) is 4.38. The summed E-state index contributed by atoms with van der Waals surface area (Å²) in [5.74, 6) is 0.309. The molecule has 3 rings (SSSR count). The molecule has 0 bridgehead atoms. The van der Waals surface area contributed by atoms with E-state index in [-0.39, 0.29) is 0 Å². The number of nitrogens with zero attached hydrogens (tertiary/aromatic N) is 3. The Kier molecular flexibility index (Phi) is 2.91. The molecule has 8 heteroatoms. The highest BCUT2D eigenvalue weighted by Gasteiger charge is 2.52. The van der Waals surface area contributed by atoms with E-state index >= 15 is 0 Å². The van der Waals surface area contributed by atoms with Crippen molar-refractivity contribution in [3.8, 4) is 0 Å². The molecule has 5 N–H and O–H groups in total. The van der Waals surface area contributed by atoms with E-state index in [4.69, 9.17) is 10.5 Å². The predicted octanol–water partition coefficient (Wildman–Crippen LogP) is -1.14. The minimum absolute atomic E-state index is 0.309. The summed E-state index contributed by atoms with van der Waals surface area (Å²) >= 11 is 0. The third-order valence-corrected chi connectivity index (χ3v) is 3.77. The summed E-state index contributed by atoms with van der Waals surface area (Å²) in [6.07, 6.45) is -1.86. The number of ether oxygens (including phenoxy) is 1. The van der Waals surface area contributed by atoms with E-state index in [2.05, 4.69) is 10.1 Å². The van der Waals surface area contributed by atoms with Crippen molar-refractivity contribution in [3.05, 3.63) is 24.2 Å². The largest absolute Gasteiger partial charge is 0.393 e. The van der Waals surface area contributed by atoms with Gasteiger partial charge in [-0.15, -0.1) is 0 Å². The Bertz CT molecular complexity index is 645. The summed E-state index contributed by atoms with van der Waals surface area (Å²) in [4.78, 5) is 3.88. The van der Waals surface area contributed by atoms with Gasteiger partial charge >= 0.3 is 0 Å². The Morgan fingerprint density at radius 2 is 2.20 bits per heavy atom. The van der Waals surface area contributed by atoms with Gasteiger partial charge in [-0.1, -0.05) is 0 Å². The van der Waals surface area contributed by atoms with Crippen molar-refractivity contribution >= 4 is 11.3 Å². The van der Waals surface area contributed by atoms with Crippen molar-refractivity contribution in [2.45, 2.75) is 30.8 Å². The van der Waals surface area contributed by atoms with Gasteiger partial charge in [0.1, 0.15) is 35.8 Å². The molecule has 1 aliphatic heterocycles. The predicted molar refractivity (Wildman–Crippen MR) is 68.7 cm³/mol. The molecule has 0 unspecified atom stereocenters. The van der Waals surface area contributed by atoms with Gasteiger partial charge in [0, 0.05) is 0 Å². The molecular weight excluding hydrogens is 264 g/mol. The molecular formula is C12H16N4O4. The van der Waals surface area contributed by atoms with E-state index in [1.807, 2.05) is 0 Å². The van der Waals surface area contributed by atoms with Crippen LogP contribution in [-0.4, -0.2) is 54.3 Å². The van der Waals surface area contributed by atoms with Crippen molar-refractivity contribution in [2.24, 2.45) is 0 Å². The lowest BCUT2D eigenvalue weighted by Gasteiger charge is -2.24. The molecule has 2 aromatic heterocycles. The lowest BCUT2D eigenvalue weighted by molar-refractivity contribution is -0.100. The van der Waals surface area contributed by atoms with Crippen molar-refractivity contribution < 1.29 is 20.1 Å². The van der Waals surface area contributed by atoms with Gasteiger partial charge in [0.2, 0.25) is 0 Å². The number of aliphatic hydroxyl groups is 3. The van der Waals surface area contributed by atoms with Crippen LogP contribution in [-0.2, 0) is 4.74 Å². The van der Waals surface area contributed by atoms with Crippen LogP contribution >= 0.6 is 0 Å². The zero-order chi connectivity index (χ0) is 14.5. The second-order valence-electron chi connectivity index (χ2n) is 5.15. The molecule has 4 atom stereocenters. The van der Waals surface area contributed by atoms with E-state index < -0.39 is 30.5 Å². The number of nitrogen functional groups attached to an aromatic ring is 1. The van der Waals surface area contributed by atoms with Crippen LogP contribution in [0.4, 0.5) is 5.82 Å². The number of aromatic nitrogens is 3. The molecule has 108 valence electrons. The molecule has 0 spiro atoms. The first-order chi connectivity index (χ1) is 9.48. The van der Waals surface area contributed by atoms with Crippen LogP contribution in [0.1, 0.15) is 18.7 Å². The van der Waals surface area contributed by atoms with Crippen LogP contribution in [0.5, 0.6) is 0 Å². The van der Waals surface area contributed by atoms with Gasteiger partial charge in [0.25, 0.3) is 0 Å². The van der Waals surface area contributed by atoms with E-state index in [0.717, 1.165) is 0 Å². The fourth-order valence-corrected chi connectivity index (χ4v) is 2.51. The molecule has 0 saturated carbocycles. The van der Waals surface area contributed by atoms with E-state index in [9.17, 15) is 15.3 Å². The van der Waals surface area contributed by atoms with Gasteiger partial charge < -0.3 is 25.8 Å². The first-order valence-corrected chi connectivity index (χ1v) is 6.21. The van der Waals surface area contributed by atoms with Gasteiger partial charge in [-0.25, -0.2) is 9.50 Å². The first kappa shape index (κ1) is 13.3. The van der Waals surface area contributed by atoms with E-state index in [1.165, 1.54) is 10.8 Å². The summed E-state index contributed by atoms with van der Waals surface area (Å²) in [5, 5.41) is 33.6. The van der Waals surface area contributed by atoms with Crippen molar-refractivity contribution in [1.29, 1.82) is 0 Å². The van der Waals surface area contributed by atoms with Crippen LogP contribution in [0.3, 0.4) is 0 Å². The minimum Gasteiger partial charge on any atom is -0.393 e. The number of fused-ring (bicyclic) bond motifs is 1. The zero-order valence-electron chi connectivity index (χ0n) is 10.8. The Balaban J connectivity index is 2.06. The molecule has 0 amide bonds. The highest BCUT2D eigenvalue weighted by Crippen LogP contribution is 2.40. The van der Waals surface area contributed by atoms with Crippen LogP contribution in [0, 0.1) is 0 Å². The second-order valence-corrected chi connectivity index (χ2v) is 5.15. The number of anilines is 1. The molecule has 0 aromatic carbocycles. The highest BCUT2D eigenvalue weighted by molar-refractivity contribution is 5.65. The van der Waals surface area contributed by atoms with Gasteiger partial charge in [0.05, 0.1) is 12.3 Å². The monoisotopic (exact) mass is 280 g/mol. The number of hydrogen-bond acceptors (Lipinski definition) is 7. The molecule has 2 aromatic rings. The number of rotatable bonds is 2. The van der Waals surface area contributed by atoms with Gasteiger partial charge in [0.15, 0.2) is 5.82 Å². The van der Waals surface area contributed by atoms with Crippen molar-refractivity contribution in [3.63, 3.8) is 0 Å². The van der Waals surface area contributed by atoms with Gasteiger partial charge in [-0.3, -0.25) is 0 Å². The Hall–Kier alpha value is -1.74. The van der Waals surface area contributed by atoms with Gasteiger partial charge in [-0.2, -0.15) is 5.10 Å². The van der Waals surface area contributed by atoms with Gasteiger partial charge in [-0.05, 0) is 19.1 Å². The average Bonchev–Trinajstić information content (AvgIpc) is 2.96. The minimum atomic E-state index is -1.22. The molecule has 0 aliphatic carbocycles. The maximum Gasteiger partial charge on any atom is 0.151 e. The van der Waals surface area contributed by atoms with Crippen LogP contribution in [0.25, 0.3) is 5.52 Å². The Morgan fingerprint density at radius 3 is 2.85 bits per heavy atom. The topological polar surface area (TPSA) is 126 Å². The lowest BCUT2D eigenvalue weighted by atomic mass is 9.97. The molecule has 3 heterocycles. The van der Waals surface area contributed by atoms with E-state index in [1.54, 1.807) is 19.1 Å². The SMILES string of the molecule is C[C@]1(CO)O[C@@H](c2ccc3c(N)ncnn23)[C@H](O)[C@@H]1O. The maximum atomic E-state index is 10.2. The summed E-state index contributed by atoms with van der Waals surface area (Å²) in [6, 6.07) is 3.41. The highest BCUT2D eigenvalue weighted by atomic mass is 16.6. The summed E-state index contributed by atoms with van der Waals surface area (Å²) in [6.45, 7) is 1.14. The molecule has 8 nitrogen and oxygen atoms in total. The summed E-state index contributed by atoms with van der Waals surface area (Å²) < 4.78 is 7.15. The van der Waals surface area contributed by atoms with Crippen LogP contribution in [0.2, 0.25) is 0 Å². The number of nitrogens with two attached hydrogens (primary N) is 1. The van der Waals surface area contributed by atoms with Crippen molar-refractivity contribution in [2.75, 3.05) is 12.3 Å². The number of hydrogen-bond donors (Lipinski definition) is 4. The summed E-state index contributed by atoms with van der Waals surface area (Å²) in [7, 11) is 0. The molecule has 1 fully saturated rings. The molecule has 1 saturated heterocycles. The fourth-order valence-electron chi connectivity index (χ4n) is 2.51. The molecule has 20 heavy (non-hydrogen) atoms. The smallest absolute Gasteiger partial charge is 0.151 e. The van der Waals surface area contributed by atoms with Crippen molar-refractivity contribution in [1.82, 2.24) is 14.6 Å². The average molecular weight is 280 g/mol. The third kappa shape index (κ3) is 1.70. The standard InChI is InChI=1S/C12H16N4O4/c1-12(4-17)10(19)8(18)9(20-12)6-2-3-7-11(13)14-5-15-16(6)7/h2-3,5,8-10,17-19H,4H2,1H3,(H2,13,14,15)/t8-,9-,10-,12+/m0/s1. The Labute approximate surface area is 114 Å². The Morgan fingerprint density at radius 1 is 1.45 bits per heavy atom. The third-order valence-electron chi connectivity index (χ3n) is 3.77. The van der Waals surface area contributed by atoms with Crippen LogP contribution < -0.4 is 5.73 Å². The molecule has 0 radical (unpaired) electrons. The first-order valence-electron chi connectivity index (χ1n) is 6.21. The maximum absolute atomic E-state index is 10.2.